The minimum absolute atomic E-state index is 0.324. The zero-order valence-corrected chi connectivity index (χ0v) is 10.6. The second-order valence-corrected chi connectivity index (χ2v) is 4.37. The summed E-state index contributed by atoms with van der Waals surface area (Å²) in [5.41, 5.74) is 5.83. The van der Waals surface area contributed by atoms with Gasteiger partial charge in [-0.05, 0) is 31.5 Å². The van der Waals surface area contributed by atoms with Gasteiger partial charge in [-0.15, -0.1) is 5.10 Å². The summed E-state index contributed by atoms with van der Waals surface area (Å²) in [6, 6.07) is 3.64. The van der Waals surface area contributed by atoms with Gasteiger partial charge in [0.1, 0.15) is 5.82 Å². The van der Waals surface area contributed by atoms with Crippen LogP contribution in [0.4, 0.5) is 5.82 Å². The van der Waals surface area contributed by atoms with Crippen LogP contribution in [-0.4, -0.2) is 39.4 Å². The van der Waals surface area contributed by atoms with Gasteiger partial charge < -0.3 is 10.6 Å². The second kappa shape index (κ2) is 5.18. The van der Waals surface area contributed by atoms with Gasteiger partial charge in [0.25, 0.3) is 0 Å². The number of nitrogens with one attached hydrogen (secondary N) is 1. The van der Waals surface area contributed by atoms with Crippen molar-refractivity contribution < 1.29 is 0 Å². The molecule has 1 unspecified atom stereocenters. The average Bonchev–Trinajstić information content (AvgIpc) is 2.77. The Hall–Kier alpha value is -1.89. The number of nitrogens with two attached hydrogens (primary N) is 1. The SMILES string of the molecule is CCN(CC(C)CN)c1ccc2n[nH]c(=O)n2n1. The summed E-state index contributed by atoms with van der Waals surface area (Å²) in [4.78, 5) is 13.6. The molecule has 2 heterocycles. The first-order valence-electron chi connectivity index (χ1n) is 6.05. The predicted molar refractivity (Wildman–Crippen MR) is 69.7 cm³/mol. The molecule has 0 aromatic carbocycles. The van der Waals surface area contributed by atoms with E-state index in [2.05, 4.69) is 27.1 Å². The Morgan fingerprint density at radius 2 is 2.33 bits per heavy atom. The maximum atomic E-state index is 11.5. The fourth-order valence-electron chi connectivity index (χ4n) is 1.80. The molecular weight excluding hydrogens is 232 g/mol. The zero-order chi connectivity index (χ0) is 13.1. The van der Waals surface area contributed by atoms with Crippen molar-refractivity contribution in [3.05, 3.63) is 22.6 Å². The van der Waals surface area contributed by atoms with Gasteiger partial charge in [-0.3, -0.25) is 0 Å². The van der Waals surface area contributed by atoms with Gasteiger partial charge in [0.15, 0.2) is 5.65 Å². The second-order valence-electron chi connectivity index (χ2n) is 4.37. The van der Waals surface area contributed by atoms with Gasteiger partial charge in [0.2, 0.25) is 0 Å². The molecule has 0 fully saturated rings. The fourth-order valence-corrected chi connectivity index (χ4v) is 1.80. The van der Waals surface area contributed by atoms with Crippen molar-refractivity contribution in [2.24, 2.45) is 11.7 Å². The molecule has 0 amide bonds. The summed E-state index contributed by atoms with van der Waals surface area (Å²) in [6.07, 6.45) is 0. The fraction of sp³-hybridized carbons (Fsp3) is 0.545. The van der Waals surface area contributed by atoms with E-state index >= 15 is 0 Å². The highest BCUT2D eigenvalue weighted by atomic mass is 16.2. The lowest BCUT2D eigenvalue weighted by Gasteiger charge is -2.24. The molecule has 3 N–H and O–H groups in total. The normalized spacial score (nSPS) is 12.8. The van der Waals surface area contributed by atoms with E-state index in [1.54, 1.807) is 6.07 Å². The van der Waals surface area contributed by atoms with Crippen molar-refractivity contribution in [1.82, 2.24) is 19.8 Å². The molecule has 0 spiro atoms. The molecule has 0 saturated heterocycles. The first kappa shape index (κ1) is 12.6. The van der Waals surface area contributed by atoms with Gasteiger partial charge in [-0.2, -0.15) is 9.61 Å². The molecule has 0 bridgehead atoms. The van der Waals surface area contributed by atoms with Crippen molar-refractivity contribution in [3.8, 4) is 0 Å². The summed E-state index contributed by atoms with van der Waals surface area (Å²) < 4.78 is 1.27. The van der Waals surface area contributed by atoms with Crippen molar-refractivity contribution in [2.75, 3.05) is 24.5 Å². The van der Waals surface area contributed by atoms with E-state index in [-0.39, 0.29) is 5.69 Å². The third-order valence-corrected chi connectivity index (χ3v) is 2.90. The molecule has 7 nitrogen and oxygen atoms in total. The molecule has 0 aliphatic carbocycles. The Bertz CT molecular complexity index is 574. The number of fused-ring (bicyclic) bond motifs is 1. The molecule has 0 aliphatic rings. The third kappa shape index (κ3) is 2.35. The van der Waals surface area contributed by atoms with Crippen molar-refractivity contribution in [3.63, 3.8) is 0 Å². The van der Waals surface area contributed by atoms with E-state index in [9.17, 15) is 4.79 Å². The Morgan fingerprint density at radius 3 is 3.00 bits per heavy atom. The Morgan fingerprint density at radius 1 is 1.56 bits per heavy atom. The topological polar surface area (TPSA) is 92.3 Å². The summed E-state index contributed by atoms with van der Waals surface area (Å²) >= 11 is 0. The van der Waals surface area contributed by atoms with Crippen molar-refractivity contribution in [2.45, 2.75) is 13.8 Å². The van der Waals surface area contributed by atoms with E-state index in [4.69, 9.17) is 5.73 Å². The van der Waals surface area contributed by atoms with Gasteiger partial charge >= 0.3 is 5.69 Å². The summed E-state index contributed by atoms with van der Waals surface area (Å²) in [5, 5.41) is 10.5. The standard InChI is InChI=1S/C11H18N6O/c1-3-16(7-8(2)6-12)10-5-4-9-13-14-11(18)17(9)15-10/h4-5,8H,3,6-7,12H2,1-2H3,(H,14,18). The summed E-state index contributed by atoms with van der Waals surface area (Å²) in [7, 11) is 0. The van der Waals surface area contributed by atoms with Gasteiger partial charge in [-0.25, -0.2) is 9.89 Å². The molecule has 2 aromatic rings. The highest BCUT2D eigenvalue weighted by Crippen LogP contribution is 2.11. The maximum Gasteiger partial charge on any atom is 0.364 e. The lowest BCUT2D eigenvalue weighted by molar-refractivity contribution is 0.570. The first-order valence-corrected chi connectivity index (χ1v) is 6.05. The molecule has 0 saturated carbocycles. The number of aromatic nitrogens is 4. The maximum absolute atomic E-state index is 11.5. The van der Waals surface area contributed by atoms with Crippen LogP contribution in [0.15, 0.2) is 16.9 Å². The molecule has 2 aromatic heterocycles. The van der Waals surface area contributed by atoms with Crippen LogP contribution in [0.25, 0.3) is 5.65 Å². The molecule has 0 radical (unpaired) electrons. The van der Waals surface area contributed by atoms with Crippen LogP contribution in [0.3, 0.4) is 0 Å². The molecule has 1 atom stereocenters. The van der Waals surface area contributed by atoms with E-state index in [1.165, 1.54) is 4.52 Å². The lowest BCUT2D eigenvalue weighted by Crippen LogP contribution is -2.32. The smallest absolute Gasteiger partial charge is 0.355 e. The molecule has 0 aliphatic heterocycles. The van der Waals surface area contributed by atoms with Crippen LogP contribution < -0.4 is 16.3 Å². The zero-order valence-electron chi connectivity index (χ0n) is 10.6. The molecule has 2 rings (SSSR count). The Labute approximate surface area is 105 Å². The number of aromatic amines is 1. The first-order chi connectivity index (χ1) is 8.65. The average molecular weight is 250 g/mol. The van der Waals surface area contributed by atoms with Crippen molar-refractivity contribution in [1.29, 1.82) is 0 Å². The predicted octanol–water partition coefficient (Wildman–Crippen LogP) is -0.161. The number of nitrogens with zero attached hydrogens (tertiary/aromatic N) is 4. The Balaban J connectivity index is 2.32. The van der Waals surface area contributed by atoms with Crippen LogP contribution in [0.5, 0.6) is 0 Å². The monoisotopic (exact) mass is 250 g/mol. The largest absolute Gasteiger partial charge is 0.364 e. The lowest BCUT2D eigenvalue weighted by atomic mass is 10.1. The number of H-pyrrole nitrogens is 1. The van der Waals surface area contributed by atoms with E-state index in [0.717, 1.165) is 18.9 Å². The summed E-state index contributed by atoms with van der Waals surface area (Å²) in [6.45, 7) is 6.40. The number of rotatable bonds is 5. The van der Waals surface area contributed by atoms with Gasteiger partial charge in [0, 0.05) is 13.1 Å². The molecular formula is C11H18N6O. The van der Waals surface area contributed by atoms with Crippen LogP contribution in [-0.2, 0) is 0 Å². The summed E-state index contributed by atoms with van der Waals surface area (Å²) in [5.74, 6) is 1.14. The third-order valence-electron chi connectivity index (χ3n) is 2.90. The van der Waals surface area contributed by atoms with Crippen molar-refractivity contribution >= 4 is 11.5 Å². The van der Waals surface area contributed by atoms with Crippen LogP contribution in [0.2, 0.25) is 0 Å². The highest BCUT2D eigenvalue weighted by Gasteiger charge is 2.11. The molecule has 98 valence electrons. The highest BCUT2D eigenvalue weighted by molar-refractivity contribution is 5.44. The minimum Gasteiger partial charge on any atom is -0.355 e. The number of hydrogen-bond acceptors (Lipinski definition) is 5. The van der Waals surface area contributed by atoms with Crippen LogP contribution in [0, 0.1) is 5.92 Å². The molecule has 18 heavy (non-hydrogen) atoms. The number of anilines is 1. The van der Waals surface area contributed by atoms with E-state index in [1.807, 2.05) is 13.0 Å². The van der Waals surface area contributed by atoms with Gasteiger partial charge in [-0.1, -0.05) is 6.92 Å². The van der Waals surface area contributed by atoms with Crippen LogP contribution in [0.1, 0.15) is 13.8 Å². The molecule has 7 heteroatoms. The van der Waals surface area contributed by atoms with Gasteiger partial charge in [0.05, 0.1) is 0 Å². The van der Waals surface area contributed by atoms with Crippen LogP contribution >= 0.6 is 0 Å². The quantitative estimate of drug-likeness (QED) is 0.769. The number of hydrogen-bond donors (Lipinski definition) is 2. The Kier molecular flexibility index (Phi) is 3.61. The minimum atomic E-state index is -0.324. The van der Waals surface area contributed by atoms with E-state index < -0.39 is 0 Å². The van der Waals surface area contributed by atoms with E-state index in [0.29, 0.717) is 18.1 Å².